The van der Waals surface area contributed by atoms with Crippen molar-refractivity contribution in [3.05, 3.63) is 46.8 Å². The summed E-state index contributed by atoms with van der Waals surface area (Å²) in [6.45, 7) is 2.54. The Kier molecular flexibility index (Phi) is 4.57. The highest BCUT2D eigenvalue weighted by atomic mass is 16.1. The van der Waals surface area contributed by atoms with Crippen molar-refractivity contribution in [1.82, 2.24) is 20.3 Å². The summed E-state index contributed by atoms with van der Waals surface area (Å²) in [6, 6.07) is 3.96. The molecule has 1 aliphatic rings. The maximum Gasteiger partial charge on any atom is 0.252 e. The fourth-order valence-corrected chi connectivity index (χ4v) is 2.91. The molecule has 1 saturated heterocycles. The van der Waals surface area contributed by atoms with Gasteiger partial charge in [0.1, 0.15) is 5.82 Å². The number of H-pyrrole nitrogens is 1. The Labute approximate surface area is 135 Å². The zero-order valence-electron chi connectivity index (χ0n) is 13.5. The fraction of sp³-hybridized carbons (Fsp3) is 0.438. The largest absolute Gasteiger partial charge is 0.377 e. The Balaban J connectivity index is 1.60. The maximum absolute atomic E-state index is 11.4. The molecule has 0 saturated carbocycles. The van der Waals surface area contributed by atoms with Crippen molar-refractivity contribution in [1.29, 1.82) is 0 Å². The molecule has 0 amide bonds. The molecule has 2 aromatic rings. The quantitative estimate of drug-likeness (QED) is 0.841. The fourth-order valence-electron chi connectivity index (χ4n) is 2.91. The van der Waals surface area contributed by atoms with Crippen molar-refractivity contribution >= 4 is 11.5 Å². The lowest BCUT2D eigenvalue weighted by atomic mass is 10.2. The number of pyridine rings is 1. The van der Waals surface area contributed by atoms with Crippen LogP contribution in [0.15, 0.2) is 35.6 Å². The van der Waals surface area contributed by atoms with Crippen LogP contribution in [0.5, 0.6) is 0 Å². The van der Waals surface area contributed by atoms with Crippen molar-refractivity contribution in [3.63, 3.8) is 0 Å². The first kappa shape index (κ1) is 15.5. The average Bonchev–Trinajstić information content (AvgIpc) is 3.02. The Bertz CT molecular complexity index is 713. The number of hydrogen-bond acceptors (Lipinski definition) is 6. The van der Waals surface area contributed by atoms with Gasteiger partial charge in [-0.05, 0) is 12.5 Å². The van der Waals surface area contributed by atoms with E-state index in [1.165, 1.54) is 17.6 Å². The Morgan fingerprint density at radius 2 is 2.35 bits per heavy atom. The van der Waals surface area contributed by atoms with Gasteiger partial charge in [0.15, 0.2) is 0 Å². The normalized spacial score (nSPS) is 17.5. The summed E-state index contributed by atoms with van der Waals surface area (Å²) < 4.78 is 0. The Morgan fingerprint density at radius 1 is 1.48 bits per heavy atom. The number of hydrogen-bond donors (Lipinski definition) is 2. The molecule has 7 nitrogen and oxygen atoms in total. The zero-order valence-corrected chi connectivity index (χ0v) is 13.5. The second-order valence-corrected chi connectivity index (χ2v) is 5.98. The first-order valence-electron chi connectivity index (χ1n) is 7.77. The van der Waals surface area contributed by atoms with Crippen LogP contribution in [0, 0.1) is 0 Å². The molecule has 23 heavy (non-hydrogen) atoms. The van der Waals surface area contributed by atoms with E-state index in [1.54, 1.807) is 6.07 Å². The van der Waals surface area contributed by atoms with Gasteiger partial charge in [0, 0.05) is 69.5 Å². The Hall–Kier alpha value is -2.41. The minimum atomic E-state index is -0.114. The molecule has 0 bridgehead atoms. The molecule has 7 heteroatoms. The first-order valence-corrected chi connectivity index (χ1v) is 7.77. The highest BCUT2D eigenvalue weighted by Crippen LogP contribution is 2.19. The van der Waals surface area contributed by atoms with Gasteiger partial charge in [-0.15, -0.1) is 0 Å². The lowest BCUT2D eigenvalue weighted by Gasteiger charge is -2.20. The lowest BCUT2D eigenvalue weighted by Crippen LogP contribution is -2.33. The van der Waals surface area contributed by atoms with Crippen LogP contribution in [-0.4, -0.2) is 48.2 Å². The van der Waals surface area contributed by atoms with Gasteiger partial charge >= 0.3 is 0 Å². The molecular weight excluding hydrogens is 292 g/mol. The van der Waals surface area contributed by atoms with Crippen molar-refractivity contribution in [2.45, 2.75) is 19.0 Å². The first-order chi connectivity index (χ1) is 11.1. The molecule has 0 radical (unpaired) electrons. The number of aromatic amines is 1. The minimum absolute atomic E-state index is 0.114. The third-order valence-electron chi connectivity index (χ3n) is 4.12. The summed E-state index contributed by atoms with van der Waals surface area (Å²) in [5.74, 6) is 0.744. The van der Waals surface area contributed by atoms with Crippen molar-refractivity contribution in [2.24, 2.45) is 0 Å². The van der Waals surface area contributed by atoms with E-state index >= 15 is 0 Å². The highest BCUT2D eigenvalue weighted by Gasteiger charge is 2.23. The zero-order chi connectivity index (χ0) is 16.2. The molecule has 1 fully saturated rings. The summed E-state index contributed by atoms with van der Waals surface area (Å²) in [6.07, 6.45) is 6.21. The molecule has 3 heterocycles. The van der Waals surface area contributed by atoms with Crippen LogP contribution in [-0.2, 0) is 6.54 Å². The molecule has 2 aromatic heterocycles. The van der Waals surface area contributed by atoms with Gasteiger partial charge in [-0.1, -0.05) is 0 Å². The van der Waals surface area contributed by atoms with Crippen LogP contribution >= 0.6 is 0 Å². The minimum Gasteiger partial charge on any atom is -0.377 e. The molecule has 0 aromatic carbocycles. The van der Waals surface area contributed by atoms with E-state index < -0.39 is 0 Å². The summed E-state index contributed by atoms with van der Waals surface area (Å²) in [7, 11) is 4.07. The van der Waals surface area contributed by atoms with Gasteiger partial charge in [-0.25, -0.2) is 4.98 Å². The van der Waals surface area contributed by atoms with Crippen molar-refractivity contribution in [3.8, 4) is 0 Å². The smallest absolute Gasteiger partial charge is 0.252 e. The molecule has 122 valence electrons. The van der Waals surface area contributed by atoms with Gasteiger partial charge < -0.3 is 20.1 Å². The van der Waals surface area contributed by atoms with Gasteiger partial charge in [0.2, 0.25) is 0 Å². The number of rotatable bonds is 5. The van der Waals surface area contributed by atoms with Gasteiger partial charge in [0.05, 0.1) is 6.33 Å². The van der Waals surface area contributed by atoms with Crippen molar-refractivity contribution in [2.75, 3.05) is 37.0 Å². The molecular formula is C16H22N6O. The monoisotopic (exact) mass is 314 g/mol. The van der Waals surface area contributed by atoms with Crippen LogP contribution in [0.2, 0.25) is 0 Å². The summed E-state index contributed by atoms with van der Waals surface area (Å²) in [5.41, 5.74) is 2.25. The van der Waals surface area contributed by atoms with E-state index in [4.69, 9.17) is 0 Å². The van der Waals surface area contributed by atoms with E-state index in [9.17, 15) is 4.79 Å². The second kappa shape index (κ2) is 6.78. The number of aromatic nitrogens is 3. The summed E-state index contributed by atoms with van der Waals surface area (Å²) in [4.78, 5) is 26.6. The molecule has 0 spiro atoms. The molecule has 1 unspecified atom stereocenters. The van der Waals surface area contributed by atoms with E-state index in [1.807, 2.05) is 32.6 Å². The van der Waals surface area contributed by atoms with Crippen LogP contribution in [0.1, 0.15) is 12.0 Å². The van der Waals surface area contributed by atoms with Crippen LogP contribution in [0.25, 0.3) is 0 Å². The molecule has 1 aliphatic heterocycles. The number of nitrogens with one attached hydrogen (secondary N) is 2. The molecule has 1 atom stereocenters. The average molecular weight is 314 g/mol. The maximum atomic E-state index is 11.4. The highest BCUT2D eigenvalue weighted by molar-refractivity contribution is 5.50. The predicted molar refractivity (Wildman–Crippen MR) is 90.9 cm³/mol. The standard InChI is InChI=1S/C16H22N6O/c1-21(2)14-3-5-17-8-12(14)9-18-13-4-6-22(10-13)15-7-16(23)20-11-19-15/h3,5,7-8,11,13,18H,4,6,9-10H2,1-2H3,(H,19,20,23). The number of nitrogens with zero attached hydrogens (tertiary/aromatic N) is 4. The lowest BCUT2D eigenvalue weighted by molar-refractivity contribution is 0.550. The van der Waals surface area contributed by atoms with E-state index in [0.29, 0.717) is 6.04 Å². The summed E-state index contributed by atoms with van der Waals surface area (Å²) >= 11 is 0. The van der Waals surface area contributed by atoms with E-state index in [-0.39, 0.29) is 5.56 Å². The van der Waals surface area contributed by atoms with Gasteiger partial charge in [0.25, 0.3) is 5.56 Å². The third-order valence-corrected chi connectivity index (χ3v) is 4.12. The van der Waals surface area contributed by atoms with Crippen molar-refractivity contribution < 1.29 is 0 Å². The van der Waals surface area contributed by atoms with Gasteiger partial charge in [-0.2, -0.15) is 0 Å². The molecule has 3 rings (SSSR count). The van der Waals surface area contributed by atoms with Crippen LogP contribution < -0.4 is 20.7 Å². The topological polar surface area (TPSA) is 77.2 Å². The van der Waals surface area contributed by atoms with E-state index in [2.05, 4.69) is 30.1 Å². The third kappa shape index (κ3) is 3.68. The van der Waals surface area contributed by atoms with E-state index in [0.717, 1.165) is 31.9 Å². The molecule has 0 aliphatic carbocycles. The predicted octanol–water partition coefficient (Wildman–Crippen LogP) is 0.599. The number of anilines is 2. The second-order valence-electron chi connectivity index (χ2n) is 5.98. The molecule has 2 N–H and O–H groups in total. The van der Waals surface area contributed by atoms with Crippen LogP contribution in [0.4, 0.5) is 11.5 Å². The van der Waals surface area contributed by atoms with Crippen LogP contribution in [0.3, 0.4) is 0 Å². The Morgan fingerprint density at radius 3 is 3.13 bits per heavy atom. The summed E-state index contributed by atoms with van der Waals surface area (Å²) in [5, 5.41) is 3.59. The van der Waals surface area contributed by atoms with Gasteiger partial charge in [-0.3, -0.25) is 9.78 Å². The SMILES string of the molecule is CN(C)c1ccncc1CNC1CCN(c2cc(=O)[nH]cn2)C1.